The Morgan fingerprint density at radius 1 is 1.06 bits per heavy atom. The second-order valence-electron chi connectivity index (χ2n) is 7.38. The number of fused-ring (bicyclic) bond motifs is 3. The summed E-state index contributed by atoms with van der Waals surface area (Å²) in [5, 5.41) is 14.0. The van der Waals surface area contributed by atoms with Gasteiger partial charge in [-0.15, -0.1) is 0 Å². The molecule has 0 saturated heterocycles. The normalized spacial score (nSPS) is 13.0. The maximum absolute atomic E-state index is 12.5. The number of nitrogens with zero attached hydrogens (tertiary/aromatic N) is 1. The van der Waals surface area contributed by atoms with Gasteiger partial charge < -0.3 is 20.1 Å². The number of anilines is 1. The fourth-order valence-electron chi connectivity index (χ4n) is 3.86. The number of ether oxygens (including phenoxy) is 1. The van der Waals surface area contributed by atoms with Crippen molar-refractivity contribution >= 4 is 23.9 Å². The number of carboxylic acid groups (broad SMARTS) is 1. The van der Waals surface area contributed by atoms with Crippen molar-refractivity contribution in [3.63, 3.8) is 0 Å². The number of nitrogens with one attached hydrogen (secondary N) is 3. The number of imidazole rings is 1. The maximum atomic E-state index is 12.5. The van der Waals surface area contributed by atoms with Crippen molar-refractivity contribution in [2.45, 2.75) is 24.8 Å². The molecule has 4 N–H and O–H groups in total. The molecule has 1 aliphatic rings. The van der Waals surface area contributed by atoms with Crippen LogP contribution in [0.15, 0.2) is 60.9 Å². The molecular weight excluding hydrogens is 412 g/mol. The number of carbonyl (C=O) groups excluding carboxylic acids is 2. The minimum absolute atomic E-state index is 0.0886. The van der Waals surface area contributed by atoms with Gasteiger partial charge in [0.1, 0.15) is 12.6 Å². The quantitative estimate of drug-likeness (QED) is 0.430. The number of rotatable bonds is 8. The summed E-state index contributed by atoms with van der Waals surface area (Å²) in [5.74, 6) is -1.59. The summed E-state index contributed by atoms with van der Waals surface area (Å²) in [5.41, 5.74) is 4.35. The first-order valence-corrected chi connectivity index (χ1v) is 10.2. The summed E-state index contributed by atoms with van der Waals surface area (Å²) in [6.07, 6.45) is 1.81. The number of hydrogen-bond acceptors (Lipinski definition) is 5. The first-order valence-electron chi connectivity index (χ1n) is 10.2. The van der Waals surface area contributed by atoms with E-state index in [0.29, 0.717) is 0 Å². The van der Waals surface area contributed by atoms with Gasteiger partial charge in [-0.3, -0.25) is 14.9 Å². The van der Waals surface area contributed by atoms with Crippen LogP contribution in [0.1, 0.15) is 29.9 Å². The number of aromatic nitrogens is 2. The maximum Gasteiger partial charge on any atom is 0.407 e. The fraction of sp³-hybridized carbons (Fsp3) is 0.217. The monoisotopic (exact) mass is 434 g/mol. The second-order valence-corrected chi connectivity index (χ2v) is 7.38. The number of amides is 2. The van der Waals surface area contributed by atoms with Crippen molar-refractivity contribution in [2.75, 3.05) is 11.9 Å². The average molecular weight is 434 g/mol. The lowest BCUT2D eigenvalue weighted by atomic mass is 9.98. The molecule has 1 aromatic heterocycles. The Kier molecular flexibility index (Phi) is 6.16. The first-order chi connectivity index (χ1) is 15.5. The number of alkyl carbamates (subject to hydrolysis) is 1. The highest BCUT2D eigenvalue weighted by Gasteiger charge is 2.30. The molecule has 1 aliphatic carbocycles. The zero-order valence-electron chi connectivity index (χ0n) is 17.1. The highest BCUT2D eigenvalue weighted by atomic mass is 16.5. The van der Waals surface area contributed by atoms with E-state index in [9.17, 15) is 14.4 Å². The van der Waals surface area contributed by atoms with Gasteiger partial charge >= 0.3 is 12.1 Å². The third-order valence-corrected chi connectivity index (χ3v) is 5.34. The Morgan fingerprint density at radius 2 is 1.72 bits per heavy atom. The number of benzene rings is 2. The zero-order valence-corrected chi connectivity index (χ0v) is 17.1. The van der Waals surface area contributed by atoms with E-state index in [1.807, 2.05) is 48.5 Å². The first kappa shape index (κ1) is 21.1. The van der Waals surface area contributed by atoms with Gasteiger partial charge in [0.05, 0.1) is 0 Å². The predicted molar refractivity (Wildman–Crippen MR) is 116 cm³/mol. The highest BCUT2D eigenvalue weighted by molar-refractivity contribution is 5.95. The molecule has 0 radical (unpaired) electrons. The summed E-state index contributed by atoms with van der Waals surface area (Å²) in [6, 6.07) is 14.8. The van der Waals surface area contributed by atoms with Crippen LogP contribution >= 0.6 is 0 Å². The van der Waals surface area contributed by atoms with E-state index in [-0.39, 0.29) is 31.3 Å². The molecule has 9 heteroatoms. The standard InChI is InChI=1S/C23H22N4O5/c28-20(29)10-9-19(21(30)27-22-24-11-12-25-22)26-23(31)32-13-18-16-7-3-1-5-14(16)15-6-2-4-8-17(15)18/h1-8,11-12,18-19H,9-10,13H2,(H,26,31)(H,28,29)(H2,24,25,27,30). The molecule has 2 aromatic carbocycles. The smallest absolute Gasteiger partial charge is 0.407 e. The summed E-state index contributed by atoms with van der Waals surface area (Å²) >= 11 is 0. The third-order valence-electron chi connectivity index (χ3n) is 5.34. The molecule has 3 aromatic rings. The van der Waals surface area contributed by atoms with Crippen LogP contribution in [0.5, 0.6) is 0 Å². The molecule has 9 nitrogen and oxygen atoms in total. The van der Waals surface area contributed by atoms with Crippen LogP contribution in [-0.2, 0) is 14.3 Å². The zero-order chi connectivity index (χ0) is 22.5. The molecule has 0 bridgehead atoms. The van der Waals surface area contributed by atoms with E-state index in [2.05, 4.69) is 20.6 Å². The van der Waals surface area contributed by atoms with E-state index in [1.54, 1.807) is 0 Å². The average Bonchev–Trinajstić information content (AvgIpc) is 3.41. The Bertz CT molecular complexity index is 1080. The number of hydrogen-bond donors (Lipinski definition) is 4. The summed E-state index contributed by atoms with van der Waals surface area (Å²) in [4.78, 5) is 42.6. The molecule has 0 saturated carbocycles. The lowest BCUT2D eigenvalue weighted by Gasteiger charge is -2.19. The molecule has 0 aliphatic heterocycles. The second kappa shape index (κ2) is 9.34. The highest BCUT2D eigenvalue weighted by Crippen LogP contribution is 2.44. The number of aliphatic carboxylic acids is 1. The molecule has 32 heavy (non-hydrogen) atoms. The fourth-order valence-corrected chi connectivity index (χ4v) is 3.86. The van der Waals surface area contributed by atoms with Crippen LogP contribution in [0.2, 0.25) is 0 Å². The molecule has 0 fully saturated rings. The minimum Gasteiger partial charge on any atom is -0.481 e. The van der Waals surface area contributed by atoms with Crippen LogP contribution < -0.4 is 10.6 Å². The molecular formula is C23H22N4O5. The Hall–Kier alpha value is -4.14. The van der Waals surface area contributed by atoms with E-state index < -0.39 is 24.0 Å². The number of aromatic amines is 1. The van der Waals surface area contributed by atoms with Gasteiger partial charge in [0.25, 0.3) is 0 Å². The molecule has 1 heterocycles. The van der Waals surface area contributed by atoms with Crippen molar-refractivity contribution in [1.82, 2.24) is 15.3 Å². The number of carbonyl (C=O) groups is 3. The molecule has 1 unspecified atom stereocenters. The predicted octanol–water partition coefficient (Wildman–Crippen LogP) is 3.12. The largest absolute Gasteiger partial charge is 0.481 e. The van der Waals surface area contributed by atoms with Crippen molar-refractivity contribution in [3.05, 3.63) is 72.1 Å². The SMILES string of the molecule is O=C(O)CCC(NC(=O)OCC1c2ccccc2-c2ccccc21)C(=O)Nc1ncc[nH]1. The Morgan fingerprint density at radius 3 is 2.31 bits per heavy atom. The number of carboxylic acids is 1. The van der Waals surface area contributed by atoms with Gasteiger partial charge in [-0.05, 0) is 28.7 Å². The van der Waals surface area contributed by atoms with Crippen molar-refractivity contribution in [1.29, 1.82) is 0 Å². The third kappa shape index (κ3) is 4.61. The van der Waals surface area contributed by atoms with Crippen LogP contribution in [0.4, 0.5) is 10.7 Å². The van der Waals surface area contributed by atoms with Crippen LogP contribution in [-0.4, -0.2) is 45.7 Å². The van der Waals surface area contributed by atoms with Gasteiger partial charge in [-0.1, -0.05) is 48.5 Å². The van der Waals surface area contributed by atoms with Crippen LogP contribution in [0.3, 0.4) is 0 Å². The van der Waals surface area contributed by atoms with E-state index >= 15 is 0 Å². The summed E-state index contributed by atoms with van der Waals surface area (Å²) in [7, 11) is 0. The van der Waals surface area contributed by atoms with Crippen molar-refractivity contribution < 1.29 is 24.2 Å². The molecule has 164 valence electrons. The summed E-state index contributed by atoms with van der Waals surface area (Å²) < 4.78 is 5.46. The van der Waals surface area contributed by atoms with E-state index in [0.717, 1.165) is 22.3 Å². The van der Waals surface area contributed by atoms with Gasteiger partial charge in [-0.25, -0.2) is 9.78 Å². The molecule has 2 amide bonds. The molecule has 1 atom stereocenters. The van der Waals surface area contributed by atoms with Gasteiger partial charge in [0.2, 0.25) is 11.9 Å². The Labute approximate surface area is 183 Å². The minimum atomic E-state index is -1.09. The van der Waals surface area contributed by atoms with E-state index in [4.69, 9.17) is 9.84 Å². The molecule has 0 spiro atoms. The van der Waals surface area contributed by atoms with Gasteiger partial charge in [-0.2, -0.15) is 0 Å². The summed E-state index contributed by atoms with van der Waals surface area (Å²) in [6.45, 7) is 0.0886. The van der Waals surface area contributed by atoms with E-state index in [1.165, 1.54) is 12.4 Å². The van der Waals surface area contributed by atoms with Crippen molar-refractivity contribution in [3.8, 4) is 11.1 Å². The number of H-pyrrole nitrogens is 1. The van der Waals surface area contributed by atoms with Gasteiger partial charge in [0, 0.05) is 24.7 Å². The van der Waals surface area contributed by atoms with Crippen LogP contribution in [0, 0.1) is 0 Å². The lowest BCUT2D eigenvalue weighted by Crippen LogP contribution is -2.44. The molecule has 4 rings (SSSR count). The van der Waals surface area contributed by atoms with Crippen LogP contribution in [0.25, 0.3) is 11.1 Å². The van der Waals surface area contributed by atoms with Crippen molar-refractivity contribution in [2.24, 2.45) is 0 Å². The lowest BCUT2D eigenvalue weighted by molar-refractivity contribution is -0.137. The van der Waals surface area contributed by atoms with Gasteiger partial charge in [0.15, 0.2) is 0 Å². The Balaban J connectivity index is 1.42. The topological polar surface area (TPSA) is 133 Å².